The summed E-state index contributed by atoms with van der Waals surface area (Å²) in [6.45, 7) is 1.90. The molecule has 5 rings (SSSR count). The number of rotatable bonds is 4. The highest BCUT2D eigenvalue weighted by molar-refractivity contribution is 5.92. The second-order valence-corrected chi connectivity index (χ2v) is 7.20. The number of aromatic nitrogens is 1. The summed E-state index contributed by atoms with van der Waals surface area (Å²) in [6, 6.07) is 15.9. The first-order chi connectivity index (χ1) is 14.6. The summed E-state index contributed by atoms with van der Waals surface area (Å²) in [5.41, 5.74) is 1.93. The minimum atomic E-state index is -0.775. The van der Waals surface area contributed by atoms with E-state index in [0.717, 1.165) is 23.3 Å². The Kier molecular flexibility index (Phi) is 4.35. The van der Waals surface area contributed by atoms with Gasteiger partial charge in [-0.3, -0.25) is 0 Å². The van der Waals surface area contributed by atoms with Gasteiger partial charge in [0, 0.05) is 23.4 Å². The summed E-state index contributed by atoms with van der Waals surface area (Å²) < 4.78 is 21.5. The van der Waals surface area contributed by atoms with Crippen molar-refractivity contribution in [3.05, 3.63) is 81.8 Å². The second kappa shape index (κ2) is 7.18. The molecule has 0 bridgehead atoms. The van der Waals surface area contributed by atoms with E-state index >= 15 is 0 Å². The molecule has 2 aromatic carbocycles. The van der Waals surface area contributed by atoms with Crippen molar-refractivity contribution in [2.45, 2.75) is 26.1 Å². The van der Waals surface area contributed by atoms with Crippen molar-refractivity contribution in [1.29, 1.82) is 0 Å². The van der Waals surface area contributed by atoms with Crippen molar-refractivity contribution in [1.82, 2.24) is 5.16 Å². The molecule has 0 spiro atoms. The fraction of sp³-hybridized carbons (Fsp3) is 0.174. The zero-order chi connectivity index (χ0) is 20.7. The maximum atomic E-state index is 12.4. The van der Waals surface area contributed by atoms with Crippen LogP contribution in [-0.2, 0) is 17.8 Å². The second-order valence-electron chi connectivity index (χ2n) is 7.20. The molecule has 1 aliphatic heterocycles. The molecule has 7 heteroatoms. The van der Waals surface area contributed by atoms with Gasteiger partial charge >= 0.3 is 11.6 Å². The zero-order valence-corrected chi connectivity index (χ0v) is 16.1. The Morgan fingerprint density at radius 3 is 2.93 bits per heavy atom. The lowest BCUT2D eigenvalue weighted by Gasteiger charge is -2.03. The van der Waals surface area contributed by atoms with Crippen LogP contribution in [0.4, 0.5) is 0 Å². The average Bonchev–Trinajstić information content (AvgIpc) is 3.36. The molecular weight excluding hydrogens is 386 g/mol. The van der Waals surface area contributed by atoms with Crippen molar-refractivity contribution >= 4 is 16.9 Å². The Balaban J connectivity index is 1.31. The minimum absolute atomic E-state index is 0.125. The van der Waals surface area contributed by atoms with Gasteiger partial charge < -0.3 is 18.4 Å². The van der Waals surface area contributed by atoms with Crippen molar-refractivity contribution in [3.8, 4) is 17.1 Å². The van der Waals surface area contributed by atoms with E-state index in [1.807, 2.05) is 25.1 Å². The summed E-state index contributed by atoms with van der Waals surface area (Å²) >= 11 is 0. The first-order valence-corrected chi connectivity index (χ1v) is 9.52. The van der Waals surface area contributed by atoms with Crippen molar-refractivity contribution in [2.24, 2.45) is 0 Å². The van der Waals surface area contributed by atoms with E-state index in [-0.39, 0.29) is 18.3 Å². The van der Waals surface area contributed by atoms with Gasteiger partial charge in [-0.05, 0) is 42.8 Å². The Hall–Kier alpha value is -3.87. The number of nitrogens with zero attached hydrogens (tertiary/aromatic N) is 1. The number of esters is 1. The first-order valence-electron chi connectivity index (χ1n) is 9.52. The molecule has 0 saturated heterocycles. The average molecular weight is 403 g/mol. The van der Waals surface area contributed by atoms with Crippen LogP contribution in [0.1, 0.15) is 28.5 Å². The van der Waals surface area contributed by atoms with Gasteiger partial charge in [0.05, 0.1) is 0 Å². The van der Waals surface area contributed by atoms with Gasteiger partial charge in [-0.15, -0.1) is 0 Å². The molecule has 2 aromatic heterocycles. The molecule has 0 aliphatic carbocycles. The quantitative estimate of drug-likeness (QED) is 0.374. The van der Waals surface area contributed by atoms with Crippen LogP contribution in [0.5, 0.6) is 5.75 Å². The van der Waals surface area contributed by atoms with E-state index in [1.165, 1.54) is 6.07 Å². The van der Waals surface area contributed by atoms with Crippen molar-refractivity contribution in [3.63, 3.8) is 0 Å². The van der Waals surface area contributed by atoms with Crippen LogP contribution in [0, 0.1) is 0 Å². The molecule has 0 radical (unpaired) electrons. The van der Waals surface area contributed by atoms with E-state index in [4.69, 9.17) is 18.4 Å². The molecule has 1 aliphatic rings. The number of ether oxygens (including phenoxy) is 2. The summed E-state index contributed by atoms with van der Waals surface area (Å²) in [5.74, 6) is 0.672. The third-order valence-corrected chi connectivity index (χ3v) is 4.95. The molecule has 4 aromatic rings. The third-order valence-electron chi connectivity index (χ3n) is 4.95. The Bertz CT molecular complexity index is 1320. The van der Waals surface area contributed by atoms with Crippen LogP contribution >= 0.6 is 0 Å². The standard InChI is InChI=1S/C23H17NO6/c1-13-8-16-9-15(6-7-20(16)28-13)21-11-17(24-30-21)12-27-22(25)18-10-14-4-2-3-5-19(14)29-23(18)26/h2-7,9-11,13H,8,12H2,1H3/t13-/m1/s1. The van der Waals surface area contributed by atoms with E-state index in [0.29, 0.717) is 22.4 Å². The summed E-state index contributed by atoms with van der Waals surface area (Å²) in [6.07, 6.45) is 1.00. The molecule has 0 unspecified atom stereocenters. The number of carbonyl (C=O) groups excluding carboxylic acids is 1. The van der Waals surface area contributed by atoms with Crippen LogP contribution in [0.2, 0.25) is 0 Å². The van der Waals surface area contributed by atoms with Crippen LogP contribution in [-0.4, -0.2) is 17.2 Å². The zero-order valence-electron chi connectivity index (χ0n) is 16.1. The lowest BCUT2D eigenvalue weighted by molar-refractivity contribution is 0.0459. The Labute approximate surface area is 170 Å². The molecule has 0 fully saturated rings. The molecular formula is C23H17NO6. The molecule has 150 valence electrons. The van der Waals surface area contributed by atoms with Crippen LogP contribution in [0.15, 0.2) is 68.3 Å². The molecule has 0 saturated carbocycles. The molecule has 7 nitrogen and oxygen atoms in total. The highest BCUT2D eigenvalue weighted by Gasteiger charge is 2.21. The summed E-state index contributed by atoms with van der Waals surface area (Å²) in [4.78, 5) is 24.4. The maximum absolute atomic E-state index is 12.4. The third kappa shape index (κ3) is 3.34. The van der Waals surface area contributed by atoms with Gasteiger partial charge in [0.15, 0.2) is 5.76 Å². The highest BCUT2D eigenvalue weighted by atomic mass is 16.5. The fourth-order valence-electron chi connectivity index (χ4n) is 3.51. The molecule has 0 N–H and O–H groups in total. The van der Waals surface area contributed by atoms with Gasteiger partial charge in [-0.2, -0.15) is 0 Å². The van der Waals surface area contributed by atoms with Gasteiger partial charge in [0.1, 0.15) is 35.3 Å². The van der Waals surface area contributed by atoms with E-state index in [1.54, 1.807) is 30.3 Å². The molecule has 1 atom stereocenters. The molecule has 30 heavy (non-hydrogen) atoms. The van der Waals surface area contributed by atoms with Gasteiger partial charge in [0.25, 0.3) is 0 Å². The number of para-hydroxylation sites is 1. The van der Waals surface area contributed by atoms with Crippen LogP contribution in [0.3, 0.4) is 0 Å². The van der Waals surface area contributed by atoms with Gasteiger partial charge in [-0.1, -0.05) is 23.4 Å². The molecule has 0 amide bonds. The lowest BCUT2D eigenvalue weighted by Crippen LogP contribution is -2.16. The normalized spacial score (nSPS) is 15.0. The number of hydrogen-bond acceptors (Lipinski definition) is 7. The number of hydrogen-bond donors (Lipinski definition) is 0. The van der Waals surface area contributed by atoms with Crippen LogP contribution < -0.4 is 10.4 Å². The van der Waals surface area contributed by atoms with Crippen molar-refractivity contribution < 1.29 is 23.2 Å². The van der Waals surface area contributed by atoms with Crippen molar-refractivity contribution in [2.75, 3.05) is 0 Å². The first kappa shape index (κ1) is 18.2. The minimum Gasteiger partial charge on any atom is -0.490 e. The largest absolute Gasteiger partial charge is 0.490 e. The SMILES string of the molecule is C[C@@H]1Cc2cc(-c3cc(COC(=O)c4cc5ccccc5oc4=O)no3)ccc2O1. The summed E-state index contributed by atoms with van der Waals surface area (Å²) in [7, 11) is 0. The monoisotopic (exact) mass is 403 g/mol. The number of fused-ring (bicyclic) bond motifs is 2. The van der Waals surface area contributed by atoms with E-state index < -0.39 is 11.6 Å². The maximum Gasteiger partial charge on any atom is 0.351 e. The number of benzene rings is 2. The van der Waals surface area contributed by atoms with Crippen LogP contribution in [0.25, 0.3) is 22.3 Å². The van der Waals surface area contributed by atoms with E-state index in [9.17, 15) is 9.59 Å². The van der Waals surface area contributed by atoms with Gasteiger partial charge in [0.2, 0.25) is 0 Å². The van der Waals surface area contributed by atoms with Gasteiger partial charge in [-0.25, -0.2) is 9.59 Å². The highest BCUT2D eigenvalue weighted by Crippen LogP contribution is 2.33. The topological polar surface area (TPSA) is 91.8 Å². The Morgan fingerprint density at radius 2 is 2.03 bits per heavy atom. The summed E-state index contributed by atoms with van der Waals surface area (Å²) in [5, 5.41) is 4.60. The predicted molar refractivity (Wildman–Crippen MR) is 107 cm³/mol. The fourth-order valence-corrected chi connectivity index (χ4v) is 3.51. The Morgan fingerprint density at radius 1 is 1.17 bits per heavy atom. The molecule has 3 heterocycles. The smallest absolute Gasteiger partial charge is 0.351 e. The predicted octanol–water partition coefficient (Wildman–Crippen LogP) is 4.13. The number of carbonyl (C=O) groups is 1. The lowest BCUT2D eigenvalue weighted by atomic mass is 10.1. The van der Waals surface area contributed by atoms with E-state index in [2.05, 4.69) is 5.16 Å².